The normalized spacial score (nSPS) is 11.1. The van der Waals surface area contributed by atoms with E-state index in [0.29, 0.717) is 22.5 Å². The Morgan fingerprint density at radius 1 is 0.943 bits per heavy atom. The first-order valence-electron chi connectivity index (χ1n) is 10.9. The molecule has 1 heterocycles. The third-order valence-corrected chi connectivity index (χ3v) is 6.82. The van der Waals surface area contributed by atoms with Crippen molar-refractivity contribution in [2.75, 3.05) is 11.9 Å². The van der Waals surface area contributed by atoms with E-state index in [2.05, 4.69) is 10.4 Å². The number of esters is 1. The second-order valence-electron chi connectivity index (χ2n) is 7.64. The van der Waals surface area contributed by atoms with Crippen molar-refractivity contribution >= 4 is 27.4 Å². The maximum Gasteiger partial charge on any atom is 0.358 e. The topological polar surface area (TPSA) is 107 Å². The molecule has 1 N–H and O–H groups in total. The van der Waals surface area contributed by atoms with Gasteiger partial charge in [-0.2, -0.15) is 5.10 Å². The minimum atomic E-state index is -3.52. The zero-order valence-electron chi connectivity index (χ0n) is 18.9. The van der Waals surface area contributed by atoms with Gasteiger partial charge in [0.2, 0.25) is 0 Å². The molecule has 0 saturated carbocycles. The van der Waals surface area contributed by atoms with Crippen LogP contribution in [0.2, 0.25) is 0 Å². The predicted molar refractivity (Wildman–Crippen MR) is 131 cm³/mol. The number of nitrogens with zero attached hydrogens (tertiary/aromatic N) is 2. The van der Waals surface area contributed by atoms with Crippen LogP contribution in [0.3, 0.4) is 0 Å². The summed E-state index contributed by atoms with van der Waals surface area (Å²) in [5, 5.41) is 7.01. The summed E-state index contributed by atoms with van der Waals surface area (Å²) in [6, 6.07) is 23.2. The Kier molecular flexibility index (Phi) is 7.07. The number of nitrogens with one attached hydrogen (secondary N) is 1. The van der Waals surface area contributed by atoms with Crippen LogP contribution in [0.25, 0.3) is 5.69 Å². The molecule has 0 unspecified atom stereocenters. The summed E-state index contributed by atoms with van der Waals surface area (Å²) in [5.74, 6) is -1.06. The molecule has 4 aromatic rings. The van der Waals surface area contributed by atoms with Crippen molar-refractivity contribution in [3.63, 3.8) is 0 Å². The molecule has 0 aliphatic heterocycles. The van der Waals surface area contributed by atoms with E-state index >= 15 is 0 Å². The highest BCUT2D eigenvalue weighted by molar-refractivity contribution is 7.90. The molecule has 9 heteroatoms. The van der Waals surface area contributed by atoms with Crippen LogP contribution < -0.4 is 5.32 Å². The fraction of sp³-hybridized carbons (Fsp3) is 0.115. The van der Waals surface area contributed by atoms with Gasteiger partial charge in [-0.3, -0.25) is 4.79 Å². The molecule has 0 fully saturated rings. The average Bonchev–Trinajstić information content (AvgIpc) is 3.36. The van der Waals surface area contributed by atoms with E-state index in [-0.39, 0.29) is 28.9 Å². The second-order valence-corrected chi connectivity index (χ2v) is 9.63. The molecule has 0 atom stereocenters. The SMILES string of the molecule is CCOC(=O)c1ccn(-c2ccc(NC(=O)c3cccc(CS(=O)(=O)c4ccccc4)c3)cc2)n1. The lowest BCUT2D eigenvalue weighted by Crippen LogP contribution is -2.13. The third-order valence-electron chi connectivity index (χ3n) is 5.11. The zero-order chi connectivity index (χ0) is 24.8. The van der Waals surface area contributed by atoms with Crippen molar-refractivity contribution < 1.29 is 22.7 Å². The summed E-state index contributed by atoms with van der Waals surface area (Å²) in [6.45, 7) is 2.00. The smallest absolute Gasteiger partial charge is 0.358 e. The minimum Gasteiger partial charge on any atom is -0.461 e. The van der Waals surface area contributed by atoms with Gasteiger partial charge in [0.15, 0.2) is 15.5 Å². The van der Waals surface area contributed by atoms with E-state index in [1.54, 1.807) is 98.0 Å². The van der Waals surface area contributed by atoms with Crippen LogP contribution in [0.1, 0.15) is 33.3 Å². The van der Waals surface area contributed by atoms with Gasteiger partial charge in [0.05, 0.1) is 22.9 Å². The molecule has 0 bridgehead atoms. The number of hydrogen-bond acceptors (Lipinski definition) is 6. The van der Waals surface area contributed by atoms with Crippen LogP contribution in [-0.4, -0.2) is 36.7 Å². The standard InChI is InChI=1S/C26H23N3O5S/c1-2-34-26(31)24-15-16-29(28-24)22-13-11-21(12-14-22)27-25(30)20-8-6-7-19(17-20)18-35(32,33)23-9-4-3-5-10-23/h3-17H,2,18H2,1H3,(H,27,30). The number of aromatic nitrogens is 2. The molecule has 0 aliphatic carbocycles. The summed E-state index contributed by atoms with van der Waals surface area (Å²) in [4.78, 5) is 24.8. The first-order valence-corrected chi connectivity index (χ1v) is 12.5. The molecule has 0 spiro atoms. The van der Waals surface area contributed by atoms with E-state index in [0.717, 1.165) is 0 Å². The number of hydrogen-bond donors (Lipinski definition) is 1. The lowest BCUT2D eigenvalue weighted by atomic mass is 10.1. The number of rotatable bonds is 8. The van der Waals surface area contributed by atoms with E-state index in [1.165, 1.54) is 4.68 Å². The fourth-order valence-electron chi connectivity index (χ4n) is 3.42. The van der Waals surface area contributed by atoms with Crippen molar-refractivity contribution in [3.8, 4) is 5.69 Å². The highest BCUT2D eigenvalue weighted by atomic mass is 32.2. The van der Waals surface area contributed by atoms with Gasteiger partial charge in [0.1, 0.15) is 0 Å². The Balaban J connectivity index is 1.43. The number of carbonyl (C=O) groups is 2. The van der Waals surface area contributed by atoms with E-state index in [9.17, 15) is 18.0 Å². The van der Waals surface area contributed by atoms with Crippen LogP contribution in [0.5, 0.6) is 0 Å². The maximum absolute atomic E-state index is 12.8. The summed E-state index contributed by atoms with van der Waals surface area (Å²) in [7, 11) is -3.52. The maximum atomic E-state index is 12.8. The van der Waals surface area contributed by atoms with Gasteiger partial charge in [-0.1, -0.05) is 30.3 Å². The van der Waals surface area contributed by atoms with Crippen LogP contribution >= 0.6 is 0 Å². The monoisotopic (exact) mass is 489 g/mol. The largest absolute Gasteiger partial charge is 0.461 e. The molecule has 4 rings (SSSR count). The molecule has 178 valence electrons. The van der Waals surface area contributed by atoms with E-state index in [1.807, 2.05) is 0 Å². The van der Waals surface area contributed by atoms with E-state index < -0.39 is 15.8 Å². The quantitative estimate of drug-likeness (QED) is 0.370. The lowest BCUT2D eigenvalue weighted by molar-refractivity contribution is 0.0518. The number of amides is 1. The molecular formula is C26H23N3O5S. The molecule has 1 aromatic heterocycles. The number of ether oxygens (including phenoxy) is 1. The van der Waals surface area contributed by atoms with Gasteiger partial charge in [-0.05, 0) is 67.1 Å². The molecule has 0 radical (unpaired) electrons. The summed E-state index contributed by atoms with van der Waals surface area (Å²) in [6.07, 6.45) is 1.65. The molecule has 8 nitrogen and oxygen atoms in total. The summed E-state index contributed by atoms with van der Waals surface area (Å²) >= 11 is 0. The Morgan fingerprint density at radius 2 is 1.69 bits per heavy atom. The first-order chi connectivity index (χ1) is 16.9. The molecule has 0 saturated heterocycles. The zero-order valence-corrected chi connectivity index (χ0v) is 19.7. The lowest BCUT2D eigenvalue weighted by Gasteiger charge is -2.09. The molecule has 35 heavy (non-hydrogen) atoms. The number of sulfone groups is 1. The average molecular weight is 490 g/mol. The first kappa shape index (κ1) is 23.9. The predicted octanol–water partition coefficient (Wildman–Crippen LogP) is 4.28. The van der Waals surface area contributed by atoms with Crippen molar-refractivity contribution in [1.82, 2.24) is 9.78 Å². The van der Waals surface area contributed by atoms with Gasteiger partial charge in [0, 0.05) is 17.4 Å². The van der Waals surface area contributed by atoms with Crippen molar-refractivity contribution in [2.24, 2.45) is 0 Å². The molecule has 1 amide bonds. The summed E-state index contributed by atoms with van der Waals surface area (Å²) < 4.78 is 31.8. The number of anilines is 1. The van der Waals surface area contributed by atoms with Gasteiger partial charge in [0.25, 0.3) is 5.91 Å². The van der Waals surface area contributed by atoms with Crippen LogP contribution in [-0.2, 0) is 20.3 Å². The second kappa shape index (κ2) is 10.4. The van der Waals surface area contributed by atoms with Gasteiger partial charge < -0.3 is 10.1 Å². The van der Waals surface area contributed by atoms with Crippen molar-refractivity contribution in [1.29, 1.82) is 0 Å². The molecule has 3 aromatic carbocycles. The van der Waals surface area contributed by atoms with E-state index in [4.69, 9.17) is 4.74 Å². The highest BCUT2D eigenvalue weighted by Crippen LogP contribution is 2.19. The highest BCUT2D eigenvalue weighted by Gasteiger charge is 2.16. The Hall–Kier alpha value is -4.24. The van der Waals surface area contributed by atoms with Gasteiger partial charge in [-0.25, -0.2) is 17.9 Å². The molecular weight excluding hydrogens is 466 g/mol. The Labute approximate surface area is 203 Å². The number of benzene rings is 3. The fourth-order valence-corrected chi connectivity index (χ4v) is 4.77. The summed E-state index contributed by atoms with van der Waals surface area (Å²) in [5.41, 5.74) is 2.33. The number of carbonyl (C=O) groups excluding carboxylic acids is 2. The van der Waals surface area contributed by atoms with Crippen LogP contribution in [0, 0.1) is 0 Å². The molecule has 0 aliphatic rings. The Bertz CT molecular complexity index is 1450. The van der Waals surface area contributed by atoms with Crippen LogP contribution in [0.15, 0.2) is 96.0 Å². The van der Waals surface area contributed by atoms with Crippen molar-refractivity contribution in [2.45, 2.75) is 17.6 Å². The van der Waals surface area contributed by atoms with Crippen LogP contribution in [0.4, 0.5) is 5.69 Å². The Morgan fingerprint density at radius 3 is 2.40 bits per heavy atom. The van der Waals surface area contributed by atoms with Crippen molar-refractivity contribution in [3.05, 3.63) is 108 Å². The minimum absolute atomic E-state index is 0.204. The van der Waals surface area contributed by atoms with Gasteiger partial charge in [-0.15, -0.1) is 0 Å². The third kappa shape index (κ3) is 5.82. The van der Waals surface area contributed by atoms with Gasteiger partial charge >= 0.3 is 5.97 Å².